The molecule has 5 nitrogen and oxygen atoms in total. The second kappa shape index (κ2) is 9.97. The molecule has 7 rings (SSSR count). The van der Waals surface area contributed by atoms with Gasteiger partial charge < -0.3 is 5.11 Å². The highest BCUT2D eigenvalue weighted by molar-refractivity contribution is 5.72. The molecule has 42 heavy (non-hydrogen) atoms. The fourth-order valence-corrected chi connectivity index (χ4v) is 6.47. The lowest BCUT2D eigenvalue weighted by atomic mass is 9.77. The maximum absolute atomic E-state index is 11.2. The van der Waals surface area contributed by atoms with Crippen molar-refractivity contribution in [2.24, 2.45) is 0 Å². The summed E-state index contributed by atoms with van der Waals surface area (Å²) in [6.45, 7) is 5.72. The maximum Gasteiger partial charge on any atom is 0.138 e. The molecule has 0 atom stereocenters. The third kappa shape index (κ3) is 4.12. The number of nitrogens with zero attached hydrogens (tertiary/aromatic N) is 4. The van der Waals surface area contributed by atoms with Crippen molar-refractivity contribution in [3.05, 3.63) is 161 Å². The van der Waals surface area contributed by atoms with E-state index in [4.69, 9.17) is 10.2 Å². The van der Waals surface area contributed by atoms with E-state index < -0.39 is 11.1 Å². The van der Waals surface area contributed by atoms with Gasteiger partial charge in [-0.25, -0.2) is 4.68 Å². The SMILES string of the molecule is Cc1ccc(-n2nc(C(C)(C)O)c3c2-c2cn(C(c4ccccc4)(c4ccccc4)c4ccccc4)nc2CC3)cc1. The number of fused-ring (bicyclic) bond motifs is 3. The summed E-state index contributed by atoms with van der Waals surface area (Å²) in [6.07, 6.45) is 3.73. The molecule has 1 aliphatic rings. The van der Waals surface area contributed by atoms with E-state index in [1.807, 2.05) is 18.5 Å². The van der Waals surface area contributed by atoms with E-state index >= 15 is 0 Å². The monoisotopic (exact) mass is 550 g/mol. The van der Waals surface area contributed by atoms with Crippen molar-refractivity contribution in [1.29, 1.82) is 0 Å². The van der Waals surface area contributed by atoms with Crippen LogP contribution in [0, 0.1) is 6.92 Å². The Morgan fingerprint density at radius 1 is 0.667 bits per heavy atom. The van der Waals surface area contributed by atoms with Gasteiger partial charge in [-0.15, -0.1) is 0 Å². The molecule has 0 amide bonds. The third-order valence-corrected chi connectivity index (χ3v) is 8.42. The highest BCUT2D eigenvalue weighted by Crippen LogP contribution is 2.44. The average Bonchev–Trinajstić information content (AvgIpc) is 3.62. The molecule has 0 bridgehead atoms. The standard InChI is InChI=1S/C37H34N4O/c1-26-19-21-30(22-20-26)41-34-31(35(39-41)36(2,3)42)23-24-33-32(34)25-40(38-33)37(27-13-7-4-8-14-27,28-15-9-5-10-16-28)29-17-11-6-12-18-29/h4-22,25,42H,23-24H2,1-3H3. The van der Waals surface area contributed by atoms with Crippen molar-refractivity contribution in [1.82, 2.24) is 19.6 Å². The van der Waals surface area contributed by atoms with Gasteiger partial charge in [-0.2, -0.15) is 10.2 Å². The highest BCUT2D eigenvalue weighted by Gasteiger charge is 2.41. The first-order valence-corrected chi connectivity index (χ1v) is 14.5. The van der Waals surface area contributed by atoms with E-state index in [-0.39, 0.29) is 0 Å². The maximum atomic E-state index is 11.2. The van der Waals surface area contributed by atoms with E-state index in [9.17, 15) is 5.11 Å². The van der Waals surface area contributed by atoms with Gasteiger partial charge in [0, 0.05) is 17.3 Å². The number of aliphatic hydroxyl groups is 1. The molecule has 5 heteroatoms. The number of aryl methyl sites for hydroxylation is 2. The van der Waals surface area contributed by atoms with Gasteiger partial charge in [0.25, 0.3) is 0 Å². The molecule has 4 aromatic carbocycles. The van der Waals surface area contributed by atoms with E-state index in [2.05, 4.69) is 133 Å². The molecule has 2 heterocycles. The quantitative estimate of drug-likeness (QED) is 0.223. The number of hydrogen-bond donors (Lipinski definition) is 1. The van der Waals surface area contributed by atoms with Crippen LogP contribution in [-0.2, 0) is 24.0 Å². The van der Waals surface area contributed by atoms with Crippen molar-refractivity contribution in [3.8, 4) is 16.9 Å². The summed E-state index contributed by atoms with van der Waals surface area (Å²) in [6, 6.07) is 40.3. The number of benzene rings is 4. The third-order valence-electron chi connectivity index (χ3n) is 8.42. The summed E-state index contributed by atoms with van der Waals surface area (Å²) >= 11 is 0. The second-order valence-corrected chi connectivity index (χ2v) is 11.7. The summed E-state index contributed by atoms with van der Waals surface area (Å²) in [5, 5.41) is 21.6. The van der Waals surface area contributed by atoms with Crippen LogP contribution in [0.3, 0.4) is 0 Å². The molecule has 0 radical (unpaired) electrons. The predicted molar refractivity (Wildman–Crippen MR) is 167 cm³/mol. The second-order valence-electron chi connectivity index (χ2n) is 11.7. The van der Waals surface area contributed by atoms with Crippen LogP contribution in [0.4, 0.5) is 0 Å². The predicted octanol–water partition coefficient (Wildman–Crippen LogP) is 7.21. The van der Waals surface area contributed by atoms with Crippen LogP contribution in [0.15, 0.2) is 121 Å². The normalized spacial score (nSPS) is 13.0. The number of aromatic nitrogens is 4. The Labute approximate surface area is 246 Å². The minimum Gasteiger partial charge on any atom is -0.384 e. The summed E-state index contributed by atoms with van der Waals surface area (Å²) in [5.41, 5.74) is 8.66. The van der Waals surface area contributed by atoms with E-state index in [0.717, 1.165) is 63.4 Å². The zero-order valence-electron chi connectivity index (χ0n) is 24.2. The van der Waals surface area contributed by atoms with Crippen LogP contribution in [0.25, 0.3) is 16.9 Å². The van der Waals surface area contributed by atoms with Gasteiger partial charge in [-0.05, 0) is 62.4 Å². The lowest BCUT2D eigenvalue weighted by molar-refractivity contribution is 0.0725. The van der Waals surface area contributed by atoms with Gasteiger partial charge in [0.1, 0.15) is 11.1 Å². The molecule has 1 N–H and O–H groups in total. The molecular formula is C37H34N4O. The van der Waals surface area contributed by atoms with Gasteiger partial charge in [-0.1, -0.05) is 109 Å². The summed E-state index contributed by atoms with van der Waals surface area (Å²) in [7, 11) is 0. The van der Waals surface area contributed by atoms with Crippen molar-refractivity contribution >= 4 is 0 Å². The Hall–Kier alpha value is -4.74. The Morgan fingerprint density at radius 2 is 1.19 bits per heavy atom. The lowest BCUT2D eigenvalue weighted by Crippen LogP contribution is -2.38. The van der Waals surface area contributed by atoms with Crippen molar-refractivity contribution in [3.63, 3.8) is 0 Å². The van der Waals surface area contributed by atoms with Crippen molar-refractivity contribution < 1.29 is 5.11 Å². The zero-order chi connectivity index (χ0) is 28.9. The molecule has 0 saturated heterocycles. The summed E-state index contributed by atoms with van der Waals surface area (Å²) in [4.78, 5) is 0. The Balaban J connectivity index is 1.54. The van der Waals surface area contributed by atoms with E-state index in [1.165, 1.54) is 5.56 Å². The van der Waals surface area contributed by atoms with Gasteiger partial charge in [-0.3, -0.25) is 4.68 Å². The smallest absolute Gasteiger partial charge is 0.138 e. The molecule has 0 unspecified atom stereocenters. The first-order valence-electron chi connectivity index (χ1n) is 14.5. The van der Waals surface area contributed by atoms with Crippen LogP contribution in [-0.4, -0.2) is 24.7 Å². The molecule has 208 valence electrons. The molecule has 0 saturated carbocycles. The number of rotatable bonds is 6. The first kappa shape index (κ1) is 26.2. The minimum atomic E-state index is -1.07. The largest absolute Gasteiger partial charge is 0.384 e. The van der Waals surface area contributed by atoms with Crippen molar-refractivity contribution in [2.45, 2.75) is 44.8 Å². The Kier molecular flexibility index (Phi) is 6.21. The lowest BCUT2D eigenvalue weighted by Gasteiger charge is -2.36. The molecule has 1 aliphatic carbocycles. The van der Waals surface area contributed by atoms with Crippen LogP contribution in [0.1, 0.15) is 53.1 Å². The van der Waals surface area contributed by atoms with Gasteiger partial charge in [0.15, 0.2) is 0 Å². The molecule has 0 spiro atoms. The Bertz CT molecular complexity index is 1750. The zero-order valence-corrected chi connectivity index (χ0v) is 24.2. The highest BCUT2D eigenvalue weighted by atomic mass is 16.3. The van der Waals surface area contributed by atoms with Gasteiger partial charge >= 0.3 is 0 Å². The molecule has 0 fully saturated rings. The Morgan fingerprint density at radius 3 is 1.69 bits per heavy atom. The molecule has 0 aliphatic heterocycles. The van der Waals surface area contributed by atoms with E-state index in [0.29, 0.717) is 0 Å². The molecular weight excluding hydrogens is 516 g/mol. The minimum absolute atomic E-state index is 0.699. The molecule has 2 aromatic heterocycles. The van der Waals surface area contributed by atoms with Crippen LogP contribution in [0.2, 0.25) is 0 Å². The summed E-state index contributed by atoms with van der Waals surface area (Å²) in [5.74, 6) is 0. The first-order chi connectivity index (χ1) is 20.4. The molecule has 6 aromatic rings. The fraction of sp³-hybridized carbons (Fsp3) is 0.189. The van der Waals surface area contributed by atoms with Crippen molar-refractivity contribution in [2.75, 3.05) is 0 Å². The van der Waals surface area contributed by atoms with Gasteiger partial charge in [0.2, 0.25) is 0 Å². The summed E-state index contributed by atoms with van der Waals surface area (Å²) < 4.78 is 4.16. The van der Waals surface area contributed by atoms with Gasteiger partial charge in [0.05, 0.1) is 22.8 Å². The average molecular weight is 551 g/mol. The van der Waals surface area contributed by atoms with E-state index in [1.54, 1.807) is 0 Å². The van der Waals surface area contributed by atoms with Crippen LogP contribution in [0.5, 0.6) is 0 Å². The topological polar surface area (TPSA) is 55.9 Å². The fourth-order valence-electron chi connectivity index (χ4n) is 6.47. The number of hydrogen-bond acceptors (Lipinski definition) is 3. The van der Waals surface area contributed by atoms with Crippen LogP contribution >= 0.6 is 0 Å². The van der Waals surface area contributed by atoms with Crippen LogP contribution < -0.4 is 0 Å².